The Bertz CT molecular complexity index is 286. The monoisotopic (exact) mass is 315 g/mol. The van der Waals surface area contributed by atoms with Gasteiger partial charge in [-0.15, -0.1) is 0 Å². The van der Waals surface area contributed by atoms with Gasteiger partial charge < -0.3 is 23.8 Å². The molecule has 0 aromatic carbocycles. The van der Waals surface area contributed by atoms with Gasteiger partial charge in [0.2, 0.25) is 0 Å². The summed E-state index contributed by atoms with van der Waals surface area (Å²) in [4.78, 5) is 2.21. The normalized spacial score (nSPS) is 11.0. The molecule has 5 nitrogen and oxygen atoms in total. The Hall–Kier alpha value is -0.640. The standard InChI is InChI=1S/C17H33NO4/c1-5-18(4)8-10-20-12-14-22-16-15-21-13-11-19-9-6-7-17(2)3/h17H,5,8-16H2,1-4H3. The van der Waals surface area contributed by atoms with E-state index < -0.39 is 0 Å². The Labute approximate surface area is 136 Å². The molecule has 22 heavy (non-hydrogen) atoms. The summed E-state index contributed by atoms with van der Waals surface area (Å²) >= 11 is 0. The molecule has 0 aliphatic rings. The minimum atomic E-state index is 0.397. The third kappa shape index (κ3) is 17.4. The van der Waals surface area contributed by atoms with Gasteiger partial charge in [-0.2, -0.15) is 0 Å². The van der Waals surface area contributed by atoms with Crippen LogP contribution >= 0.6 is 0 Å². The molecule has 130 valence electrons. The van der Waals surface area contributed by atoms with Crippen LogP contribution in [0.5, 0.6) is 0 Å². The molecule has 0 amide bonds. The molecule has 0 rings (SSSR count). The zero-order valence-electron chi connectivity index (χ0n) is 14.7. The maximum absolute atomic E-state index is 5.47. The Morgan fingerprint density at radius 1 is 0.818 bits per heavy atom. The van der Waals surface area contributed by atoms with Crippen LogP contribution in [-0.4, -0.2) is 77.9 Å². The van der Waals surface area contributed by atoms with Crippen LogP contribution in [0.1, 0.15) is 20.8 Å². The van der Waals surface area contributed by atoms with Crippen molar-refractivity contribution in [2.45, 2.75) is 20.8 Å². The fourth-order valence-corrected chi connectivity index (χ4v) is 1.41. The molecular formula is C17H33NO4. The second kappa shape index (κ2) is 16.7. The SMILES string of the molecule is CCN(C)CCOCCOCCOCCOCC#CC(C)C. The summed E-state index contributed by atoms with van der Waals surface area (Å²) in [5.41, 5.74) is 0. The zero-order valence-corrected chi connectivity index (χ0v) is 14.7. The number of hydrogen-bond donors (Lipinski definition) is 0. The van der Waals surface area contributed by atoms with Crippen LogP contribution in [0.3, 0.4) is 0 Å². The van der Waals surface area contributed by atoms with Gasteiger partial charge in [0, 0.05) is 12.5 Å². The third-order valence-corrected chi connectivity index (χ3v) is 2.84. The molecule has 0 aromatic heterocycles. The lowest BCUT2D eigenvalue weighted by Gasteiger charge is -2.13. The topological polar surface area (TPSA) is 40.2 Å². The predicted octanol–water partition coefficient (Wildman–Crippen LogP) is 1.66. The van der Waals surface area contributed by atoms with Crippen LogP contribution in [0, 0.1) is 17.8 Å². The van der Waals surface area contributed by atoms with Crippen LogP contribution in [0.15, 0.2) is 0 Å². The maximum atomic E-state index is 5.47. The first-order valence-corrected chi connectivity index (χ1v) is 8.14. The molecule has 0 fully saturated rings. The number of nitrogens with zero attached hydrogens (tertiary/aromatic N) is 1. The van der Waals surface area contributed by atoms with Crippen molar-refractivity contribution >= 4 is 0 Å². The summed E-state index contributed by atoms with van der Waals surface area (Å²) in [7, 11) is 2.08. The van der Waals surface area contributed by atoms with E-state index in [1.54, 1.807) is 0 Å². The summed E-state index contributed by atoms with van der Waals surface area (Å²) in [6.45, 7) is 13.0. The molecular weight excluding hydrogens is 282 g/mol. The van der Waals surface area contributed by atoms with E-state index in [2.05, 4.69) is 44.6 Å². The number of hydrogen-bond acceptors (Lipinski definition) is 5. The molecule has 0 saturated heterocycles. The predicted molar refractivity (Wildman–Crippen MR) is 89.1 cm³/mol. The van der Waals surface area contributed by atoms with Crippen LogP contribution in [0.2, 0.25) is 0 Å². The lowest BCUT2D eigenvalue weighted by molar-refractivity contribution is -0.000367. The second-order valence-corrected chi connectivity index (χ2v) is 5.26. The molecule has 0 radical (unpaired) electrons. The molecule has 0 heterocycles. The Kier molecular flexibility index (Phi) is 16.2. The van der Waals surface area contributed by atoms with Crippen LogP contribution < -0.4 is 0 Å². The van der Waals surface area contributed by atoms with E-state index in [1.165, 1.54) is 0 Å². The highest BCUT2D eigenvalue weighted by atomic mass is 16.6. The maximum Gasteiger partial charge on any atom is 0.107 e. The first-order valence-electron chi connectivity index (χ1n) is 8.14. The van der Waals surface area contributed by atoms with E-state index in [0.717, 1.165) is 19.7 Å². The Morgan fingerprint density at radius 2 is 1.32 bits per heavy atom. The molecule has 0 aromatic rings. The van der Waals surface area contributed by atoms with Gasteiger partial charge in [0.15, 0.2) is 0 Å². The largest absolute Gasteiger partial charge is 0.378 e. The first kappa shape index (κ1) is 21.4. The Morgan fingerprint density at radius 3 is 1.82 bits per heavy atom. The number of likely N-dealkylation sites (N-methyl/N-ethyl adjacent to an activating group) is 1. The molecule has 5 heteroatoms. The van der Waals surface area contributed by atoms with Crippen molar-refractivity contribution in [3.8, 4) is 11.8 Å². The van der Waals surface area contributed by atoms with E-state index in [0.29, 0.717) is 52.2 Å². The van der Waals surface area contributed by atoms with Crippen LogP contribution in [-0.2, 0) is 18.9 Å². The van der Waals surface area contributed by atoms with Gasteiger partial charge in [0.1, 0.15) is 6.61 Å². The van der Waals surface area contributed by atoms with Crippen molar-refractivity contribution < 1.29 is 18.9 Å². The van der Waals surface area contributed by atoms with Crippen molar-refractivity contribution in [2.75, 3.05) is 73.0 Å². The highest BCUT2D eigenvalue weighted by Crippen LogP contribution is 1.86. The zero-order chi connectivity index (χ0) is 16.5. The molecule has 0 spiro atoms. The van der Waals surface area contributed by atoms with Crippen molar-refractivity contribution in [3.05, 3.63) is 0 Å². The average Bonchev–Trinajstić information content (AvgIpc) is 2.50. The fraction of sp³-hybridized carbons (Fsp3) is 0.882. The van der Waals surface area contributed by atoms with E-state index >= 15 is 0 Å². The van der Waals surface area contributed by atoms with E-state index in [1.807, 2.05) is 0 Å². The molecule has 0 bridgehead atoms. The Balaban J connectivity index is 3.08. The lowest BCUT2D eigenvalue weighted by Crippen LogP contribution is -2.23. The smallest absolute Gasteiger partial charge is 0.107 e. The average molecular weight is 315 g/mol. The lowest BCUT2D eigenvalue weighted by atomic mass is 10.2. The second-order valence-electron chi connectivity index (χ2n) is 5.26. The molecule has 0 saturated carbocycles. The summed E-state index contributed by atoms with van der Waals surface area (Å²) in [6.07, 6.45) is 0. The van der Waals surface area contributed by atoms with Gasteiger partial charge in [-0.1, -0.05) is 32.6 Å². The summed E-state index contributed by atoms with van der Waals surface area (Å²) in [6, 6.07) is 0. The summed E-state index contributed by atoms with van der Waals surface area (Å²) < 4.78 is 21.6. The van der Waals surface area contributed by atoms with Crippen LogP contribution in [0.4, 0.5) is 0 Å². The van der Waals surface area contributed by atoms with Gasteiger partial charge in [-0.05, 0) is 13.6 Å². The van der Waals surface area contributed by atoms with E-state index in [-0.39, 0.29) is 0 Å². The summed E-state index contributed by atoms with van der Waals surface area (Å²) in [5.74, 6) is 6.40. The number of ether oxygens (including phenoxy) is 4. The highest BCUT2D eigenvalue weighted by molar-refractivity contribution is 5.01. The summed E-state index contributed by atoms with van der Waals surface area (Å²) in [5, 5.41) is 0. The fourth-order valence-electron chi connectivity index (χ4n) is 1.41. The van der Waals surface area contributed by atoms with Crippen LogP contribution in [0.25, 0.3) is 0 Å². The van der Waals surface area contributed by atoms with Gasteiger partial charge in [0.05, 0.1) is 46.2 Å². The molecule has 0 aliphatic heterocycles. The molecule has 0 unspecified atom stereocenters. The van der Waals surface area contributed by atoms with Gasteiger partial charge >= 0.3 is 0 Å². The molecule has 0 atom stereocenters. The minimum Gasteiger partial charge on any atom is -0.378 e. The third-order valence-electron chi connectivity index (χ3n) is 2.84. The van der Waals surface area contributed by atoms with Crippen molar-refractivity contribution in [2.24, 2.45) is 5.92 Å². The highest BCUT2D eigenvalue weighted by Gasteiger charge is 1.95. The number of rotatable bonds is 14. The van der Waals surface area contributed by atoms with Gasteiger partial charge in [-0.25, -0.2) is 0 Å². The van der Waals surface area contributed by atoms with E-state index in [9.17, 15) is 0 Å². The van der Waals surface area contributed by atoms with Crippen molar-refractivity contribution in [1.82, 2.24) is 4.90 Å². The molecule has 0 aliphatic carbocycles. The van der Waals surface area contributed by atoms with Gasteiger partial charge in [-0.3, -0.25) is 0 Å². The minimum absolute atomic E-state index is 0.397. The first-order chi connectivity index (χ1) is 10.7. The van der Waals surface area contributed by atoms with Crippen molar-refractivity contribution in [3.63, 3.8) is 0 Å². The quantitative estimate of drug-likeness (QED) is 0.360. The van der Waals surface area contributed by atoms with E-state index in [4.69, 9.17) is 18.9 Å². The van der Waals surface area contributed by atoms with Gasteiger partial charge in [0.25, 0.3) is 0 Å². The van der Waals surface area contributed by atoms with Crippen molar-refractivity contribution in [1.29, 1.82) is 0 Å². The molecule has 0 N–H and O–H groups in total.